The maximum absolute atomic E-state index is 12.8. The molecule has 1 aromatic heterocycles. The van der Waals surface area contributed by atoms with Crippen LogP contribution in [0.4, 0.5) is 24.9 Å². The molecule has 1 aliphatic rings. The average Bonchev–Trinajstić information content (AvgIpc) is 2.76. The summed E-state index contributed by atoms with van der Waals surface area (Å²) < 4.78 is 48.0. The van der Waals surface area contributed by atoms with Gasteiger partial charge in [-0.25, -0.2) is 4.98 Å². The Balaban J connectivity index is 1.38. The number of alkyl halides is 3. The minimum atomic E-state index is -4.87. The number of piperidine rings is 1. The third-order valence-corrected chi connectivity index (χ3v) is 5.45. The molecule has 0 aliphatic carbocycles. The van der Waals surface area contributed by atoms with Crippen LogP contribution in [0.25, 0.3) is 10.9 Å². The van der Waals surface area contributed by atoms with E-state index in [1.807, 2.05) is 0 Å². The van der Waals surface area contributed by atoms with Crippen molar-refractivity contribution in [1.29, 1.82) is 0 Å². The molecule has 2 heterocycles. The molecule has 33 heavy (non-hydrogen) atoms. The maximum atomic E-state index is 12.8. The van der Waals surface area contributed by atoms with Gasteiger partial charge in [0.15, 0.2) is 0 Å². The number of fused-ring (bicyclic) bond motifs is 1. The summed E-state index contributed by atoms with van der Waals surface area (Å²) in [5.74, 6) is 0.0101. The number of hydrogen-bond donors (Lipinski definition) is 2. The van der Waals surface area contributed by atoms with E-state index >= 15 is 0 Å². The predicted molar refractivity (Wildman–Crippen MR) is 116 cm³/mol. The van der Waals surface area contributed by atoms with Crippen molar-refractivity contribution in [3.8, 4) is 11.5 Å². The molecule has 4 N–H and O–H groups in total. The first kappa shape index (κ1) is 22.4. The van der Waals surface area contributed by atoms with Gasteiger partial charge in [0, 0.05) is 13.1 Å². The fraction of sp³-hybridized carbons (Fsp3) is 0.318. The summed E-state index contributed by atoms with van der Waals surface area (Å²) in [6.45, 7) is 1.17. The summed E-state index contributed by atoms with van der Waals surface area (Å²) in [7, 11) is 0. The van der Waals surface area contributed by atoms with Crippen molar-refractivity contribution < 1.29 is 27.4 Å². The standard InChI is InChI=1S/C22H22F3N5O3/c23-22(24,25)33-16-6-2-1-4-14(16)20(31)30-10-8-13(9-11-30)12-32-17-7-3-5-15-18(17)19(26)29-21(27)28-15/h1-7,13H,8-12H2,(H4,26,27,28,29). The molecule has 174 valence electrons. The SMILES string of the molecule is Nc1nc(N)c2c(OCC3CCN(C(=O)c4ccccc4OC(F)(F)F)CC3)cccc2n1. The zero-order valence-corrected chi connectivity index (χ0v) is 17.5. The molecule has 0 unspecified atom stereocenters. The van der Waals surface area contributed by atoms with E-state index in [0.29, 0.717) is 49.2 Å². The van der Waals surface area contributed by atoms with Crippen LogP contribution in [-0.2, 0) is 0 Å². The Hall–Kier alpha value is -3.76. The van der Waals surface area contributed by atoms with Gasteiger partial charge in [0.2, 0.25) is 5.95 Å². The molecule has 1 aliphatic heterocycles. The smallest absolute Gasteiger partial charge is 0.492 e. The summed E-state index contributed by atoms with van der Waals surface area (Å²) in [4.78, 5) is 22.5. The summed E-state index contributed by atoms with van der Waals surface area (Å²) >= 11 is 0. The number of benzene rings is 2. The zero-order chi connectivity index (χ0) is 23.6. The molecule has 8 nitrogen and oxygen atoms in total. The summed E-state index contributed by atoms with van der Waals surface area (Å²) in [6, 6.07) is 10.7. The van der Waals surface area contributed by atoms with Crippen LogP contribution in [0.1, 0.15) is 23.2 Å². The highest BCUT2D eigenvalue weighted by molar-refractivity contribution is 5.97. The van der Waals surface area contributed by atoms with Crippen LogP contribution in [0.5, 0.6) is 11.5 Å². The van der Waals surface area contributed by atoms with E-state index in [9.17, 15) is 18.0 Å². The van der Waals surface area contributed by atoms with E-state index in [1.165, 1.54) is 23.1 Å². The van der Waals surface area contributed by atoms with Gasteiger partial charge in [-0.2, -0.15) is 4.98 Å². The van der Waals surface area contributed by atoms with Gasteiger partial charge in [-0.3, -0.25) is 4.79 Å². The summed E-state index contributed by atoms with van der Waals surface area (Å²) in [5.41, 5.74) is 12.1. The monoisotopic (exact) mass is 461 g/mol. The third kappa shape index (κ3) is 5.18. The third-order valence-electron chi connectivity index (χ3n) is 5.45. The number of halogens is 3. The number of anilines is 2. The molecule has 0 radical (unpaired) electrons. The molecule has 1 fully saturated rings. The number of carbonyl (C=O) groups is 1. The highest BCUT2D eigenvalue weighted by atomic mass is 19.4. The lowest BCUT2D eigenvalue weighted by molar-refractivity contribution is -0.274. The Morgan fingerprint density at radius 1 is 1.03 bits per heavy atom. The van der Waals surface area contributed by atoms with Crippen molar-refractivity contribution in [1.82, 2.24) is 14.9 Å². The van der Waals surface area contributed by atoms with E-state index in [1.54, 1.807) is 18.2 Å². The molecule has 0 spiro atoms. The number of nitrogens with two attached hydrogens (primary N) is 2. The van der Waals surface area contributed by atoms with Crippen LogP contribution >= 0.6 is 0 Å². The van der Waals surface area contributed by atoms with E-state index < -0.39 is 18.0 Å². The molecular weight excluding hydrogens is 439 g/mol. The largest absolute Gasteiger partial charge is 0.573 e. The number of carbonyl (C=O) groups excluding carboxylic acids is 1. The van der Waals surface area contributed by atoms with E-state index in [-0.39, 0.29) is 23.2 Å². The highest BCUT2D eigenvalue weighted by Crippen LogP contribution is 2.31. The van der Waals surface area contributed by atoms with Crippen molar-refractivity contribution in [2.24, 2.45) is 5.92 Å². The van der Waals surface area contributed by atoms with Gasteiger partial charge in [0.05, 0.1) is 23.1 Å². The number of likely N-dealkylation sites (tertiary alicyclic amines) is 1. The van der Waals surface area contributed by atoms with Crippen LogP contribution in [0.3, 0.4) is 0 Å². The molecule has 0 bridgehead atoms. The average molecular weight is 461 g/mol. The number of hydrogen-bond acceptors (Lipinski definition) is 7. The second-order valence-corrected chi connectivity index (χ2v) is 7.71. The van der Waals surface area contributed by atoms with E-state index in [2.05, 4.69) is 14.7 Å². The Bertz CT molecular complexity index is 1160. The van der Waals surface area contributed by atoms with Gasteiger partial charge in [-0.15, -0.1) is 13.2 Å². The lowest BCUT2D eigenvalue weighted by atomic mass is 9.97. The fourth-order valence-electron chi connectivity index (χ4n) is 3.86. The van der Waals surface area contributed by atoms with Gasteiger partial charge < -0.3 is 25.8 Å². The minimum absolute atomic E-state index is 0.0800. The van der Waals surface area contributed by atoms with Gasteiger partial charge in [0.25, 0.3) is 5.91 Å². The van der Waals surface area contributed by atoms with Crippen molar-refractivity contribution in [2.75, 3.05) is 31.2 Å². The first-order valence-electron chi connectivity index (χ1n) is 10.3. The van der Waals surface area contributed by atoms with Gasteiger partial charge >= 0.3 is 6.36 Å². The summed E-state index contributed by atoms with van der Waals surface area (Å²) in [5, 5.41) is 0.584. The van der Waals surface area contributed by atoms with Gasteiger partial charge in [0.1, 0.15) is 17.3 Å². The topological polar surface area (TPSA) is 117 Å². The van der Waals surface area contributed by atoms with Crippen LogP contribution in [-0.4, -0.2) is 46.8 Å². The molecule has 0 saturated carbocycles. The van der Waals surface area contributed by atoms with Crippen LogP contribution in [0.15, 0.2) is 42.5 Å². The van der Waals surface area contributed by atoms with Crippen molar-refractivity contribution in [3.05, 3.63) is 48.0 Å². The number of aromatic nitrogens is 2. The number of nitrogens with zero attached hydrogens (tertiary/aromatic N) is 3. The van der Waals surface area contributed by atoms with Crippen LogP contribution in [0, 0.1) is 5.92 Å². The number of para-hydroxylation sites is 1. The molecule has 2 aromatic carbocycles. The second kappa shape index (κ2) is 9.00. The van der Waals surface area contributed by atoms with Crippen molar-refractivity contribution >= 4 is 28.6 Å². The lowest BCUT2D eigenvalue weighted by Gasteiger charge is -2.32. The fourth-order valence-corrected chi connectivity index (χ4v) is 3.86. The molecule has 3 aromatic rings. The predicted octanol–water partition coefficient (Wildman–Crippen LogP) is 3.62. The first-order valence-corrected chi connectivity index (χ1v) is 10.3. The van der Waals surface area contributed by atoms with E-state index in [0.717, 1.165) is 6.07 Å². The quantitative estimate of drug-likeness (QED) is 0.596. The Morgan fingerprint density at radius 3 is 2.45 bits per heavy atom. The minimum Gasteiger partial charge on any atom is -0.492 e. The Morgan fingerprint density at radius 2 is 1.73 bits per heavy atom. The maximum Gasteiger partial charge on any atom is 0.573 e. The number of amides is 1. The second-order valence-electron chi connectivity index (χ2n) is 7.71. The first-order chi connectivity index (χ1) is 15.7. The zero-order valence-electron chi connectivity index (χ0n) is 17.5. The lowest BCUT2D eigenvalue weighted by Crippen LogP contribution is -2.40. The molecule has 1 saturated heterocycles. The molecule has 11 heteroatoms. The van der Waals surface area contributed by atoms with E-state index in [4.69, 9.17) is 16.2 Å². The number of ether oxygens (including phenoxy) is 2. The molecule has 0 atom stereocenters. The van der Waals surface area contributed by atoms with Crippen molar-refractivity contribution in [3.63, 3.8) is 0 Å². The van der Waals surface area contributed by atoms with Crippen LogP contribution < -0.4 is 20.9 Å². The Labute approximate surface area is 187 Å². The van der Waals surface area contributed by atoms with Gasteiger partial charge in [-0.05, 0) is 43.0 Å². The normalized spacial score (nSPS) is 14.9. The highest BCUT2D eigenvalue weighted by Gasteiger charge is 2.34. The molecule has 4 rings (SSSR count). The molecule has 1 amide bonds. The van der Waals surface area contributed by atoms with Crippen LogP contribution in [0.2, 0.25) is 0 Å². The Kier molecular flexibility index (Phi) is 6.12. The van der Waals surface area contributed by atoms with Crippen molar-refractivity contribution in [2.45, 2.75) is 19.2 Å². The molecular formula is C22H22F3N5O3. The summed E-state index contributed by atoms with van der Waals surface area (Å²) in [6.07, 6.45) is -3.60. The number of nitrogen functional groups attached to an aromatic ring is 2. The van der Waals surface area contributed by atoms with Gasteiger partial charge in [-0.1, -0.05) is 18.2 Å². The number of rotatable bonds is 5.